The van der Waals surface area contributed by atoms with E-state index >= 15 is 0 Å². The maximum absolute atomic E-state index is 12.7. The second-order valence-electron chi connectivity index (χ2n) is 7.21. The maximum Gasteiger partial charge on any atom is 0.266 e. The van der Waals surface area contributed by atoms with Crippen LogP contribution in [0.3, 0.4) is 0 Å². The Kier molecular flexibility index (Phi) is 6.95. The van der Waals surface area contributed by atoms with Crippen molar-refractivity contribution in [2.75, 3.05) is 12.0 Å². The first kappa shape index (κ1) is 21.7. The van der Waals surface area contributed by atoms with Gasteiger partial charge < -0.3 is 15.3 Å². The molecule has 0 saturated heterocycles. The Bertz CT molecular complexity index is 1130. The number of para-hydroxylation sites is 2. The minimum absolute atomic E-state index is 0.0925. The number of nitriles is 1. The summed E-state index contributed by atoms with van der Waals surface area (Å²) in [6.07, 6.45) is 3.51. The van der Waals surface area contributed by atoms with Gasteiger partial charge in [-0.3, -0.25) is 9.59 Å². The van der Waals surface area contributed by atoms with Crippen molar-refractivity contribution in [1.29, 1.82) is 5.26 Å². The monoisotopic (exact) mass is 423 g/mol. The molecule has 3 rings (SSSR count). The smallest absolute Gasteiger partial charge is 0.266 e. The van der Waals surface area contributed by atoms with E-state index in [1.165, 1.54) is 0 Å². The lowest BCUT2D eigenvalue weighted by atomic mass is 9.99. The molecule has 1 unspecified atom stereocenters. The number of benzene rings is 1. The number of rotatable bonds is 8. The first-order valence-electron chi connectivity index (χ1n) is 9.80. The molecule has 0 spiro atoms. The Labute approximate surface area is 179 Å². The standard InChI is InChI=1S/C22H25N5O2S/c1-13-15(14(2)24-22(29)16(13)12-23)8-9-20(28)25-19(10-11-30-3)21-26-17-6-4-5-7-18(17)27-21/h4-7,19H,8-11H2,1-3H3,(H,24,29)(H,25,28)(H,26,27). The third kappa shape index (κ3) is 4.74. The van der Waals surface area contributed by atoms with Gasteiger partial charge in [0.15, 0.2) is 0 Å². The third-order valence-electron chi connectivity index (χ3n) is 5.21. The van der Waals surface area contributed by atoms with Gasteiger partial charge in [-0.2, -0.15) is 17.0 Å². The van der Waals surface area contributed by atoms with E-state index in [0.717, 1.165) is 34.6 Å². The largest absolute Gasteiger partial charge is 0.346 e. The highest BCUT2D eigenvalue weighted by Gasteiger charge is 2.19. The number of carbonyl (C=O) groups is 1. The summed E-state index contributed by atoms with van der Waals surface area (Å²) in [6.45, 7) is 3.54. The van der Waals surface area contributed by atoms with E-state index in [-0.39, 0.29) is 29.5 Å². The summed E-state index contributed by atoms with van der Waals surface area (Å²) >= 11 is 1.72. The number of aromatic amines is 2. The Morgan fingerprint density at radius 2 is 2.07 bits per heavy atom. The van der Waals surface area contributed by atoms with Crippen molar-refractivity contribution in [1.82, 2.24) is 20.3 Å². The number of nitrogens with one attached hydrogen (secondary N) is 3. The number of aromatic nitrogens is 3. The predicted molar refractivity (Wildman–Crippen MR) is 120 cm³/mol. The van der Waals surface area contributed by atoms with Gasteiger partial charge in [0, 0.05) is 12.1 Å². The van der Waals surface area contributed by atoms with E-state index in [1.807, 2.05) is 36.6 Å². The average Bonchev–Trinajstić information content (AvgIpc) is 3.15. The van der Waals surface area contributed by atoms with E-state index in [1.54, 1.807) is 25.6 Å². The van der Waals surface area contributed by atoms with Crippen LogP contribution in [0.4, 0.5) is 0 Å². The highest BCUT2D eigenvalue weighted by molar-refractivity contribution is 7.98. The van der Waals surface area contributed by atoms with Crippen LogP contribution < -0.4 is 10.9 Å². The van der Waals surface area contributed by atoms with Crippen molar-refractivity contribution in [3.8, 4) is 6.07 Å². The number of thioether (sulfide) groups is 1. The van der Waals surface area contributed by atoms with Gasteiger partial charge in [-0.15, -0.1) is 0 Å². The van der Waals surface area contributed by atoms with Gasteiger partial charge in [0.1, 0.15) is 17.5 Å². The molecular weight excluding hydrogens is 398 g/mol. The molecule has 3 N–H and O–H groups in total. The molecule has 2 aromatic heterocycles. The van der Waals surface area contributed by atoms with Crippen LogP contribution in [0, 0.1) is 25.2 Å². The lowest BCUT2D eigenvalue weighted by molar-refractivity contribution is -0.121. The fourth-order valence-electron chi connectivity index (χ4n) is 3.58. The van der Waals surface area contributed by atoms with Crippen LogP contribution in [0.2, 0.25) is 0 Å². The first-order chi connectivity index (χ1) is 14.4. The van der Waals surface area contributed by atoms with Gasteiger partial charge in [-0.25, -0.2) is 4.98 Å². The Morgan fingerprint density at radius 3 is 2.77 bits per heavy atom. The summed E-state index contributed by atoms with van der Waals surface area (Å²) in [6, 6.07) is 9.54. The second-order valence-corrected chi connectivity index (χ2v) is 8.20. The van der Waals surface area contributed by atoms with Crippen LogP contribution in [-0.2, 0) is 11.2 Å². The SMILES string of the molecule is CSCCC(NC(=O)CCc1c(C)[nH]c(=O)c(C#N)c1C)c1nc2ccccc2[nH]1. The predicted octanol–water partition coefficient (Wildman–Crippen LogP) is 3.28. The average molecular weight is 424 g/mol. The van der Waals surface area contributed by atoms with Gasteiger partial charge in [-0.05, 0) is 62.0 Å². The molecule has 1 atom stereocenters. The number of hydrogen-bond donors (Lipinski definition) is 3. The molecule has 0 fully saturated rings. The van der Waals surface area contributed by atoms with Crippen molar-refractivity contribution >= 4 is 28.7 Å². The topological polar surface area (TPSA) is 114 Å². The van der Waals surface area contributed by atoms with E-state index in [9.17, 15) is 14.9 Å². The van der Waals surface area contributed by atoms with E-state index in [2.05, 4.69) is 20.3 Å². The molecule has 2 heterocycles. The van der Waals surface area contributed by atoms with Crippen LogP contribution >= 0.6 is 11.8 Å². The zero-order valence-electron chi connectivity index (χ0n) is 17.3. The van der Waals surface area contributed by atoms with E-state index in [4.69, 9.17) is 0 Å². The van der Waals surface area contributed by atoms with Crippen molar-refractivity contribution < 1.29 is 4.79 Å². The summed E-state index contributed by atoms with van der Waals surface area (Å²) in [5.41, 5.74) is 3.71. The fraction of sp³-hybridized carbons (Fsp3) is 0.364. The van der Waals surface area contributed by atoms with Crippen LogP contribution in [0.15, 0.2) is 29.1 Å². The summed E-state index contributed by atoms with van der Waals surface area (Å²) < 4.78 is 0. The zero-order valence-corrected chi connectivity index (χ0v) is 18.2. The number of fused-ring (bicyclic) bond motifs is 1. The van der Waals surface area contributed by atoms with E-state index in [0.29, 0.717) is 17.7 Å². The zero-order chi connectivity index (χ0) is 21.7. The summed E-state index contributed by atoms with van der Waals surface area (Å²) in [5, 5.41) is 12.3. The third-order valence-corrected chi connectivity index (χ3v) is 5.85. The Balaban J connectivity index is 1.74. The number of carbonyl (C=O) groups excluding carboxylic acids is 1. The maximum atomic E-state index is 12.7. The molecule has 0 radical (unpaired) electrons. The molecule has 0 aliphatic carbocycles. The number of amides is 1. The minimum Gasteiger partial charge on any atom is -0.346 e. The quantitative estimate of drug-likeness (QED) is 0.514. The van der Waals surface area contributed by atoms with Crippen molar-refractivity contribution in [2.24, 2.45) is 0 Å². The highest BCUT2D eigenvalue weighted by Crippen LogP contribution is 2.21. The lowest BCUT2D eigenvalue weighted by Gasteiger charge is -2.17. The molecule has 0 bridgehead atoms. The van der Waals surface area contributed by atoms with Crippen molar-refractivity contribution in [3.05, 3.63) is 62.8 Å². The van der Waals surface area contributed by atoms with Crippen LogP contribution in [0.25, 0.3) is 11.0 Å². The number of aryl methyl sites for hydroxylation is 1. The second kappa shape index (κ2) is 9.63. The number of imidazole rings is 1. The molecule has 3 aromatic rings. The van der Waals surface area contributed by atoms with Crippen LogP contribution in [-0.4, -0.2) is 32.9 Å². The van der Waals surface area contributed by atoms with Gasteiger partial charge in [0.05, 0.1) is 17.1 Å². The molecule has 0 aliphatic rings. The Hall–Kier alpha value is -3.05. The number of pyridine rings is 1. The molecule has 7 nitrogen and oxygen atoms in total. The van der Waals surface area contributed by atoms with E-state index < -0.39 is 0 Å². The normalized spacial score (nSPS) is 11.9. The first-order valence-corrected chi connectivity index (χ1v) is 11.2. The van der Waals surface area contributed by atoms with Crippen molar-refractivity contribution in [3.63, 3.8) is 0 Å². The lowest BCUT2D eigenvalue weighted by Crippen LogP contribution is -2.30. The molecule has 30 heavy (non-hydrogen) atoms. The highest BCUT2D eigenvalue weighted by atomic mass is 32.2. The minimum atomic E-state index is -0.386. The molecule has 156 valence electrons. The fourth-order valence-corrected chi connectivity index (χ4v) is 4.05. The summed E-state index contributed by atoms with van der Waals surface area (Å²) in [5.74, 6) is 1.55. The summed E-state index contributed by atoms with van der Waals surface area (Å²) in [7, 11) is 0. The van der Waals surface area contributed by atoms with Gasteiger partial charge in [0.2, 0.25) is 5.91 Å². The molecule has 1 amide bonds. The van der Waals surface area contributed by atoms with Crippen molar-refractivity contribution in [2.45, 2.75) is 39.2 Å². The van der Waals surface area contributed by atoms with Gasteiger partial charge >= 0.3 is 0 Å². The number of H-pyrrole nitrogens is 2. The van der Waals surface area contributed by atoms with Gasteiger partial charge in [-0.1, -0.05) is 12.1 Å². The molecule has 8 heteroatoms. The molecule has 0 aliphatic heterocycles. The summed E-state index contributed by atoms with van der Waals surface area (Å²) in [4.78, 5) is 35.3. The van der Waals surface area contributed by atoms with Crippen LogP contribution in [0.5, 0.6) is 0 Å². The Morgan fingerprint density at radius 1 is 1.30 bits per heavy atom. The van der Waals surface area contributed by atoms with Gasteiger partial charge in [0.25, 0.3) is 5.56 Å². The molecule has 1 aromatic carbocycles. The number of hydrogen-bond acceptors (Lipinski definition) is 5. The molecule has 0 saturated carbocycles. The molecular formula is C22H25N5O2S. The van der Waals surface area contributed by atoms with Crippen LogP contribution in [0.1, 0.15) is 47.1 Å². The number of nitrogens with zero attached hydrogens (tertiary/aromatic N) is 2.